The molecule has 0 spiro atoms. The zero-order chi connectivity index (χ0) is 17.6. The summed E-state index contributed by atoms with van der Waals surface area (Å²) in [7, 11) is 0. The third kappa shape index (κ3) is 4.60. The minimum absolute atomic E-state index is 0.0578. The van der Waals surface area contributed by atoms with E-state index in [1.807, 2.05) is 30.3 Å². The fraction of sp³-hybridized carbons (Fsp3) is 0.600. The third-order valence-electron chi connectivity index (χ3n) is 5.60. The van der Waals surface area contributed by atoms with Crippen LogP contribution in [0.25, 0.3) is 0 Å². The molecule has 1 aliphatic carbocycles. The number of nitrogens with zero attached hydrogens (tertiary/aromatic N) is 1. The average molecular weight is 343 g/mol. The molecule has 2 amide bonds. The van der Waals surface area contributed by atoms with Crippen molar-refractivity contribution in [2.24, 2.45) is 11.7 Å². The number of hydrogen-bond acceptors (Lipinski definition) is 3. The highest BCUT2D eigenvalue weighted by Crippen LogP contribution is 2.27. The molecule has 2 aliphatic rings. The van der Waals surface area contributed by atoms with Crippen molar-refractivity contribution in [3.63, 3.8) is 0 Å². The van der Waals surface area contributed by atoms with Gasteiger partial charge in [0.25, 0.3) is 0 Å². The summed E-state index contributed by atoms with van der Waals surface area (Å²) in [6, 6.07) is 9.63. The lowest BCUT2D eigenvalue weighted by Crippen LogP contribution is -2.47. The molecule has 5 heteroatoms. The van der Waals surface area contributed by atoms with Gasteiger partial charge in [0.1, 0.15) is 6.04 Å². The molecule has 2 fully saturated rings. The fourth-order valence-corrected chi connectivity index (χ4v) is 4.18. The number of amides is 2. The minimum atomic E-state index is -0.399. The van der Waals surface area contributed by atoms with Gasteiger partial charge in [0, 0.05) is 12.0 Å². The lowest BCUT2D eigenvalue weighted by molar-refractivity contribution is -0.128. The Kier molecular flexibility index (Phi) is 6.08. The molecule has 1 saturated carbocycles. The SMILES string of the molecule is NC(=O)C(c1ccccc1)N1CCC(C(=O)NC2CCCCC2)CC1. The van der Waals surface area contributed by atoms with E-state index in [9.17, 15) is 9.59 Å². The quantitative estimate of drug-likeness (QED) is 0.862. The van der Waals surface area contributed by atoms with Gasteiger partial charge in [-0.15, -0.1) is 0 Å². The standard InChI is InChI=1S/C20H29N3O2/c21-19(24)18(15-7-3-1-4-8-15)23-13-11-16(12-14-23)20(25)22-17-9-5-2-6-10-17/h1,3-4,7-8,16-18H,2,5-6,9-14H2,(H2,21,24)(H,22,25). The van der Waals surface area contributed by atoms with Crippen molar-refractivity contribution in [1.29, 1.82) is 0 Å². The number of hydrogen-bond donors (Lipinski definition) is 2. The van der Waals surface area contributed by atoms with E-state index in [-0.39, 0.29) is 17.7 Å². The monoisotopic (exact) mass is 343 g/mol. The summed E-state index contributed by atoms with van der Waals surface area (Å²) in [5.41, 5.74) is 6.59. The summed E-state index contributed by atoms with van der Waals surface area (Å²) < 4.78 is 0. The largest absolute Gasteiger partial charge is 0.368 e. The van der Waals surface area contributed by atoms with Gasteiger partial charge in [-0.2, -0.15) is 0 Å². The summed E-state index contributed by atoms with van der Waals surface area (Å²) in [4.78, 5) is 26.6. The Bertz CT molecular complexity index is 576. The van der Waals surface area contributed by atoms with Crippen LogP contribution in [0.4, 0.5) is 0 Å². The van der Waals surface area contributed by atoms with Crippen LogP contribution in [0.1, 0.15) is 56.6 Å². The summed E-state index contributed by atoms with van der Waals surface area (Å²) in [6.07, 6.45) is 7.54. The average Bonchev–Trinajstić information content (AvgIpc) is 2.64. The van der Waals surface area contributed by atoms with Crippen molar-refractivity contribution >= 4 is 11.8 Å². The topological polar surface area (TPSA) is 75.4 Å². The van der Waals surface area contributed by atoms with Gasteiger partial charge in [0.2, 0.25) is 11.8 Å². The van der Waals surface area contributed by atoms with Gasteiger partial charge in [-0.1, -0.05) is 49.6 Å². The van der Waals surface area contributed by atoms with Gasteiger partial charge >= 0.3 is 0 Å². The first-order chi connectivity index (χ1) is 12.1. The maximum Gasteiger partial charge on any atom is 0.239 e. The highest BCUT2D eigenvalue weighted by molar-refractivity contribution is 5.82. The van der Waals surface area contributed by atoms with Gasteiger partial charge < -0.3 is 11.1 Å². The van der Waals surface area contributed by atoms with Crippen LogP contribution in [0.2, 0.25) is 0 Å². The van der Waals surface area contributed by atoms with E-state index in [2.05, 4.69) is 10.2 Å². The van der Waals surface area contributed by atoms with Crippen LogP contribution >= 0.6 is 0 Å². The first kappa shape index (κ1) is 17.9. The van der Waals surface area contributed by atoms with E-state index in [4.69, 9.17) is 5.73 Å². The van der Waals surface area contributed by atoms with Crippen molar-refractivity contribution in [3.8, 4) is 0 Å². The molecule has 0 radical (unpaired) electrons. The Hall–Kier alpha value is -1.88. The number of rotatable bonds is 5. The minimum Gasteiger partial charge on any atom is -0.368 e. The van der Waals surface area contributed by atoms with Crippen molar-refractivity contribution in [3.05, 3.63) is 35.9 Å². The second kappa shape index (κ2) is 8.48. The number of carbonyl (C=O) groups is 2. The molecule has 1 aromatic rings. The van der Waals surface area contributed by atoms with Gasteiger partial charge in [-0.25, -0.2) is 0 Å². The zero-order valence-corrected chi connectivity index (χ0v) is 14.8. The molecule has 25 heavy (non-hydrogen) atoms. The molecule has 0 bridgehead atoms. The normalized spacial score (nSPS) is 21.6. The number of primary amides is 1. The molecule has 136 valence electrons. The molecule has 1 aromatic carbocycles. The number of likely N-dealkylation sites (tertiary alicyclic amines) is 1. The molecule has 3 N–H and O–H groups in total. The van der Waals surface area contributed by atoms with E-state index >= 15 is 0 Å². The van der Waals surface area contributed by atoms with Crippen LogP contribution in [-0.4, -0.2) is 35.8 Å². The Morgan fingerprint density at radius 2 is 1.64 bits per heavy atom. The second-order valence-corrected chi connectivity index (χ2v) is 7.37. The summed E-state index contributed by atoms with van der Waals surface area (Å²) >= 11 is 0. The Morgan fingerprint density at radius 1 is 1.00 bits per heavy atom. The molecular weight excluding hydrogens is 314 g/mol. The Balaban J connectivity index is 1.55. The van der Waals surface area contributed by atoms with Crippen molar-refractivity contribution < 1.29 is 9.59 Å². The molecular formula is C20H29N3O2. The summed E-state index contributed by atoms with van der Waals surface area (Å²) in [5, 5.41) is 3.24. The molecule has 1 unspecified atom stereocenters. The first-order valence-corrected chi connectivity index (χ1v) is 9.54. The van der Waals surface area contributed by atoms with Crippen LogP contribution in [0.15, 0.2) is 30.3 Å². The molecule has 5 nitrogen and oxygen atoms in total. The van der Waals surface area contributed by atoms with E-state index in [1.54, 1.807) is 0 Å². The maximum absolute atomic E-state index is 12.5. The van der Waals surface area contributed by atoms with Crippen molar-refractivity contribution in [2.75, 3.05) is 13.1 Å². The van der Waals surface area contributed by atoms with Gasteiger partial charge in [0.15, 0.2) is 0 Å². The molecule has 1 aliphatic heterocycles. The van der Waals surface area contributed by atoms with E-state index in [1.165, 1.54) is 19.3 Å². The van der Waals surface area contributed by atoms with Crippen LogP contribution in [-0.2, 0) is 9.59 Å². The predicted molar refractivity (Wildman–Crippen MR) is 97.7 cm³/mol. The Morgan fingerprint density at radius 3 is 2.24 bits per heavy atom. The van der Waals surface area contributed by atoms with Crippen molar-refractivity contribution in [1.82, 2.24) is 10.2 Å². The number of nitrogens with two attached hydrogens (primary N) is 1. The van der Waals surface area contributed by atoms with Gasteiger partial charge in [0.05, 0.1) is 0 Å². The van der Waals surface area contributed by atoms with Crippen LogP contribution in [0, 0.1) is 5.92 Å². The van der Waals surface area contributed by atoms with E-state index < -0.39 is 6.04 Å². The van der Waals surface area contributed by atoms with Crippen LogP contribution in [0.5, 0.6) is 0 Å². The lowest BCUT2D eigenvalue weighted by Gasteiger charge is -2.36. The highest BCUT2D eigenvalue weighted by Gasteiger charge is 2.32. The third-order valence-corrected chi connectivity index (χ3v) is 5.60. The molecule has 1 saturated heterocycles. The predicted octanol–water partition coefficient (Wildman–Crippen LogP) is 2.37. The smallest absolute Gasteiger partial charge is 0.239 e. The van der Waals surface area contributed by atoms with E-state index in [0.29, 0.717) is 6.04 Å². The van der Waals surface area contributed by atoms with Gasteiger partial charge in [-0.05, 0) is 44.3 Å². The molecule has 0 aromatic heterocycles. The zero-order valence-electron chi connectivity index (χ0n) is 14.8. The summed E-state index contributed by atoms with van der Waals surface area (Å²) in [6.45, 7) is 1.45. The number of nitrogens with one attached hydrogen (secondary N) is 1. The lowest BCUT2D eigenvalue weighted by atomic mass is 9.91. The number of carbonyl (C=O) groups excluding carboxylic acids is 2. The van der Waals surface area contributed by atoms with Crippen molar-refractivity contribution in [2.45, 2.75) is 57.0 Å². The summed E-state index contributed by atoms with van der Waals surface area (Å²) in [5.74, 6) is -0.0688. The number of benzene rings is 1. The van der Waals surface area contributed by atoms with Gasteiger partial charge in [-0.3, -0.25) is 14.5 Å². The fourth-order valence-electron chi connectivity index (χ4n) is 4.18. The molecule has 1 heterocycles. The first-order valence-electron chi connectivity index (χ1n) is 9.54. The van der Waals surface area contributed by atoms with E-state index in [0.717, 1.165) is 44.3 Å². The van der Waals surface area contributed by atoms with Crippen LogP contribution < -0.4 is 11.1 Å². The highest BCUT2D eigenvalue weighted by atomic mass is 16.2. The molecule has 3 rings (SSSR count). The second-order valence-electron chi connectivity index (χ2n) is 7.37. The Labute approximate surface area is 150 Å². The number of piperidine rings is 1. The van der Waals surface area contributed by atoms with Crippen LogP contribution in [0.3, 0.4) is 0 Å². The molecule has 1 atom stereocenters. The maximum atomic E-state index is 12.5.